The minimum absolute atomic E-state index is 0.0238. The van der Waals surface area contributed by atoms with E-state index >= 15 is 0 Å². The fourth-order valence-electron chi connectivity index (χ4n) is 1.62. The second-order valence-corrected chi connectivity index (χ2v) is 3.88. The van der Waals surface area contributed by atoms with E-state index in [-0.39, 0.29) is 18.4 Å². The molecule has 0 saturated heterocycles. The molecule has 0 saturated carbocycles. The molecule has 18 heavy (non-hydrogen) atoms. The highest BCUT2D eigenvalue weighted by molar-refractivity contribution is 5.83. The van der Waals surface area contributed by atoms with E-state index in [1.807, 2.05) is 37.3 Å². The van der Waals surface area contributed by atoms with Crippen LogP contribution in [0.25, 0.3) is 0 Å². The Hall–Kier alpha value is -1.84. The first-order chi connectivity index (χ1) is 8.67. The predicted molar refractivity (Wildman–Crippen MR) is 69.0 cm³/mol. The maximum absolute atomic E-state index is 12.0. The largest absolute Gasteiger partial charge is 0.465 e. The van der Waals surface area contributed by atoms with Gasteiger partial charge in [0, 0.05) is 6.54 Å². The van der Waals surface area contributed by atoms with Crippen molar-refractivity contribution in [3.8, 4) is 0 Å². The summed E-state index contributed by atoms with van der Waals surface area (Å²) >= 11 is 0. The lowest BCUT2D eigenvalue weighted by molar-refractivity contribution is -0.148. The lowest BCUT2D eigenvalue weighted by Gasteiger charge is -2.19. The van der Waals surface area contributed by atoms with Crippen molar-refractivity contribution >= 4 is 11.9 Å². The van der Waals surface area contributed by atoms with Crippen LogP contribution in [-0.4, -0.2) is 36.5 Å². The minimum Gasteiger partial charge on any atom is -0.465 e. The van der Waals surface area contributed by atoms with Crippen LogP contribution < -0.4 is 0 Å². The third-order valence-corrected chi connectivity index (χ3v) is 2.56. The first kappa shape index (κ1) is 14.2. The summed E-state index contributed by atoms with van der Waals surface area (Å²) in [5.74, 6) is -0.419. The lowest BCUT2D eigenvalue weighted by Crippen LogP contribution is -2.37. The highest BCUT2D eigenvalue weighted by atomic mass is 16.5. The van der Waals surface area contributed by atoms with Crippen molar-refractivity contribution in [1.82, 2.24) is 4.90 Å². The molecule has 1 aromatic rings. The zero-order chi connectivity index (χ0) is 13.4. The van der Waals surface area contributed by atoms with Gasteiger partial charge in [-0.1, -0.05) is 30.3 Å². The van der Waals surface area contributed by atoms with Crippen LogP contribution in [0.5, 0.6) is 0 Å². The number of esters is 1. The van der Waals surface area contributed by atoms with E-state index in [4.69, 9.17) is 4.74 Å². The first-order valence-corrected chi connectivity index (χ1v) is 6.14. The molecular formula is C14H19NO3. The molecule has 4 heteroatoms. The van der Waals surface area contributed by atoms with Crippen molar-refractivity contribution < 1.29 is 14.3 Å². The molecule has 0 aliphatic heterocycles. The average molecular weight is 249 g/mol. The Bertz CT molecular complexity index is 389. The van der Waals surface area contributed by atoms with Gasteiger partial charge in [0.15, 0.2) is 0 Å². The van der Waals surface area contributed by atoms with E-state index < -0.39 is 0 Å². The average Bonchev–Trinajstić information content (AvgIpc) is 2.37. The molecule has 0 aliphatic rings. The van der Waals surface area contributed by atoms with Gasteiger partial charge >= 0.3 is 5.97 Å². The van der Waals surface area contributed by atoms with Crippen molar-refractivity contribution in [2.45, 2.75) is 20.3 Å². The molecule has 4 nitrogen and oxygen atoms in total. The van der Waals surface area contributed by atoms with Gasteiger partial charge in [-0.3, -0.25) is 9.59 Å². The quantitative estimate of drug-likeness (QED) is 0.720. The number of carbonyl (C=O) groups excluding carboxylic acids is 2. The molecule has 0 spiro atoms. The molecule has 0 heterocycles. The molecule has 0 bridgehead atoms. The molecule has 0 fully saturated rings. The van der Waals surface area contributed by atoms with E-state index in [9.17, 15) is 9.59 Å². The summed E-state index contributed by atoms with van der Waals surface area (Å²) in [7, 11) is 0. The van der Waals surface area contributed by atoms with Gasteiger partial charge in [0.05, 0.1) is 13.0 Å². The Labute approximate surface area is 108 Å². The Balaban J connectivity index is 2.54. The van der Waals surface area contributed by atoms with Crippen LogP contribution in [0.2, 0.25) is 0 Å². The normalized spacial score (nSPS) is 9.89. The van der Waals surface area contributed by atoms with Gasteiger partial charge in [-0.2, -0.15) is 0 Å². The smallest absolute Gasteiger partial charge is 0.325 e. The van der Waals surface area contributed by atoms with E-state index in [0.29, 0.717) is 19.6 Å². The third kappa shape index (κ3) is 4.57. The van der Waals surface area contributed by atoms with Crippen LogP contribution in [0, 0.1) is 0 Å². The second kappa shape index (κ2) is 7.48. The zero-order valence-electron chi connectivity index (χ0n) is 10.9. The molecule has 1 rings (SSSR count). The monoisotopic (exact) mass is 249 g/mol. The predicted octanol–water partition coefficient (Wildman–Crippen LogP) is 1.64. The fraction of sp³-hybridized carbons (Fsp3) is 0.429. The van der Waals surface area contributed by atoms with E-state index in [1.54, 1.807) is 6.92 Å². The standard InChI is InChI=1S/C14H19NO3/c1-3-15(11-14(17)18-4-2)13(16)10-12-8-6-5-7-9-12/h5-9H,3-4,10-11H2,1-2H3. The molecule has 1 amide bonds. The highest BCUT2D eigenvalue weighted by Crippen LogP contribution is 2.03. The first-order valence-electron chi connectivity index (χ1n) is 6.14. The Morgan fingerprint density at radius 3 is 2.39 bits per heavy atom. The minimum atomic E-state index is -0.360. The molecule has 0 atom stereocenters. The van der Waals surface area contributed by atoms with Crippen molar-refractivity contribution in [1.29, 1.82) is 0 Å². The van der Waals surface area contributed by atoms with Gasteiger partial charge in [-0.25, -0.2) is 0 Å². The summed E-state index contributed by atoms with van der Waals surface area (Å²) in [5.41, 5.74) is 0.949. The highest BCUT2D eigenvalue weighted by Gasteiger charge is 2.16. The SMILES string of the molecule is CCOC(=O)CN(CC)C(=O)Cc1ccccc1. The molecule has 1 aromatic carbocycles. The Kier molecular flexibility index (Phi) is 5.91. The van der Waals surface area contributed by atoms with Crippen molar-refractivity contribution in [3.63, 3.8) is 0 Å². The topological polar surface area (TPSA) is 46.6 Å². The van der Waals surface area contributed by atoms with Gasteiger partial charge in [0.1, 0.15) is 6.54 Å². The number of rotatable bonds is 6. The van der Waals surface area contributed by atoms with Gasteiger partial charge in [-0.15, -0.1) is 0 Å². The number of hydrogen-bond acceptors (Lipinski definition) is 3. The Morgan fingerprint density at radius 2 is 1.83 bits per heavy atom. The zero-order valence-corrected chi connectivity index (χ0v) is 10.9. The van der Waals surface area contributed by atoms with Gasteiger partial charge < -0.3 is 9.64 Å². The molecule has 0 unspecified atom stereocenters. The number of carbonyl (C=O) groups is 2. The molecule has 98 valence electrons. The van der Waals surface area contributed by atoms with E-state index in [0.717, 1.165) is 5.56 Å². The van der Waals surface area contributed by atoms with Crippen LogP contribution in [0.1, 0.15) is 19.4 Å². The number of likely N-dealkylation sites (N-methyl/N-ethyl adjacent to an activating group) is 1. The summed E-state index contributed by atoms with van der Waals surface area (Å²) in [5, 5.41) is 0. The summed E-state index contributed by atoms with van der Waals surface area (Å²) in [6, 6.07) is 9.49. The molecule has 0 aromatic heterocycles. The number of ether oxygens (including phenoxy) is 1. The molecular weight excluding hydrogens is 230 g/mol. The summed E-state index contributed by atoms with van der Waals surface area (Å²) in [6.45, 7) is 4.46. The van der Waals surface area contributed by atoms with Gasteiger partial charge in [-0.05, 0) is 19.4 Å². The maximum Gasteiger partial charge on any atom is 0.325 e. The number of amides is 1. The lowest BCUT2D eigenvalue weighted by atomic mass is 10.1. The van der Waals surface area contributed by atoms with Gasteiger partial charge in [0.25, 0.3) is 0 Å². The van der Waals surface area contributed by atoms with Crippen molar-refractivity contribution in [3.05, 3.63) is 35.9 Å². The maximum atomic E-state index is 12.0. The van der Waals surface area contributed by atoms with Crippen LogP contribution in [0.3, 0.4) is 0 Å². The number of benzene rings is 1. The Morgan fingerprint density at radius 1 is 1.17 bits per heavy atom. The molecule has 0 aliphatic carbocycles. The van der Waals surface area contributed by atoms with Crippen molar-refractivity contribution in [2.24, 2.45) is 0 Å². The van der Waals surface area contributed by atoms with Crippen LogP contribution in [0.4, 0.5) is 0 Å². The third-order valence-electron chi connectivity index (χ3n) is 2.56. The summed E-state index contributed by atoms with van der Waals surface area (Å²) < 4.78 is 4.84. The molecule has 0 N–H and O–H groups in total. The van der Waals surface area contributed by atoms with E-state index in [2.05, 4.69) is 0 Å². The van der Waals surface area contributed by atoms with Crippen LogP contribution >= 0.6 is 0 Å². The van der Waals surface area contributed by atoms with Crippen LogP contribution in [0.15, 0.2) is 30.3 Å². The molecule has 0 radical (unpaired) electrons. The summed E-state index contributed by atoms with van der Waals surface area (Å²) in [4.78, 5) is 24.9. The van der Waals surface area contributed by atoms with Crippen molar-refractivity contribution in [2.75, 3.05) is 19.7 Å². The van der Waals surface area contributed by atoms with Gasteiger partial charge in [0.2, 0.25) is 5.91 Å². The summed E-state index contributed by atoms with van der Waals surface area (Å²) in [6.07, 6.45) is 0.314. The number of nitrogens with zero attached hydrogens (tertiary/aromatic N) is 1. The van der Waals surface area contributed by atoms with Crippen LogP contribution in [-0.2, 0) is 20.7 Å². The number of hydrogen-bond donors (Lipinski definition) is 0. The van der Waals surface area contributed by atoms with E-state index in [1.165, 1.54) is 4.90 Å². The second-order valence-electron chi connectivity index (χ2n) is 3.88. The fourth-order valence-corrected chi connectivity index (χ4v) is 1.62.